The Morgan fingerprint density at radius 3 is 2.59 bits per heavy atom. The van der Waals surface area contributed by atoms with E-state index in [0.29, 0.717) is 24.7 Å². The third kappa shape index (κ3) is 4.45. The molecule has 0 saturated heterocycles. The third-order valence-electron chi connectivity index (χ3n) is 4.16. The van der Waals surface area contributed by atoms with Crippen LogP contribution in [0.1, 0.15) is 17.0 Å². The maximum atomic E-state index is 6.09. The molecule has 6 heteroatoms. The molecule has 1 N–H and O–H groups in total. The van der Waals surface area contributed by atoms with Gasteiger partial charge >= 0.3 is 0 Å². The van der Waals surface area contributed by atoms with Crippen LogP contribution in [0.2, 0.25) is 5.02 Å². The lowest BCUT2D eigenvalue weighted by molar-refractivity contribution is 0.480. The van der Waals surface area contributed by atoms with Crippen molar-refractivity contribution in [1.29, 1.82) is 0 Å². The summed E-state index contributed by atoms with van der Waals surface area (Å²) in [6.45, 7) is 1.81. The molecule has 0 aliphatic carbocycles. The first kappa shape index (κ1) is 17.5. The SMILES string of the molecule is Clc1cccc(Cn2nc(CNCc3ccco3)c(-c3ccccc3)n2)c1. The van der Waals surface area contributed by atoms with Crippen LogP contribution in [-0.2, 0) is 19.6 Å². The first-order chi connectivity index (χ1) is 13.3. The maximum Gasteiger partial charge on any atom is 0.117 e. The summed E-state index contributed by atoms with van der Waals surface area (Å²) >= 11 is 6.09. The predicted octanol–water partition coefficient (Wildman–Crippen LogP) is 4.53. The van der Waals surface area contributed by atoms with Gasteiger partial charge in [0, 0.05) is 17.1 Å². The molecule has 0 aliphatic heterocycles. The molecule has 0 atom stereocenters. The molecule has 5 nitrogen and oxygen atoms in total. The van der Waals surface area contributed by atoms with Gasteiger partial charge in [-0.2, -0.15) is 15.0 Å². The maximum absolute atomic E-state index is 6.09. The van der Waals surface area contributed by atoms with E-state index in [-0.39, 0.29) is 0 Å². The molecule has 0 spiro atoms. The lowest BCUT2D eigenvalue weighted by Gasteiger charge is -2.02. The van der Waals surface area contributed by atoms with Gasteiger partial charge in [-0.3, -0.25) is 0 Å². The van der Waals surface area contributed by atoms with E-state index in [1.807, 2.05) is 66.7 Å². The molecule has 136 valence electrons. The summed E-state index contributed by atoms with van der Waals surface area (Å²) in [4.78, 5) is 1.72. The van der Waals surface area contributed by atoms with E-state index in [4.69, 9.17) is 26.2 Å². The second-order valence-corrected chi connectivity index (χ2v) is 6.64. The molecule has 0 unspecified atom stereocenters. The van der Waals surface area contributed by atoms with Gasteiger partial charge in [0.1, 0.15) is 17.1 Å². The van der Waals surface area contributed by atoms with Crippen molar-refractivity contribution >= 4 is 11.6 Å². The van der Waals surface area contributed by atoms with E-state index in [2.05, 4.69) is 5.32 Å². The van der Waals surface area contributed by atoms with Gasteiger partial charge in [0.05, 0.1) is 19.4 Å². The minimum Gasteiger partial charge on any atom is -0.468 e. The summed E-state index contributed by atoms with van der Waals surface area (Å²) in [5.74, 6) is 0.891. The number of hydrogen-bond acceptors (Lipinski definition) is 4. The average Bonchev–Trinajstić information content (AvgIpc) is 3.33. The normalized spacial score (nSPS) is 11.0. The third-order valence-corrected chi connectivity index (χ3v) is 4.39. The van der Waals surface area contributed by atoms with Crippen LogP contribution in [0.3, 0.4) is 0 Å². The predicted molar refractivity (Wildman–Crippen MR) is 105 cm³/mol. The van der Waals surface area contributed by atoms with Crippen LogP contribution in [0.25, 0.3) is 11.3 Å². The Morgan fingerprint density at radius 2 is 1.81 bits per heavy atom. The number of nitrogens with zero attached hydrogens (tertiary/aromatic N) is 3. The molecule has 0 radical (unpaired) electrons. The fourth-order valence-electron chi connectivity index (χ4n) is 2.91. The molecule has 2 aromatic carbocycles. The highest BCUT2D eigenvalue weighted by molar-refractivity contribution is 6.30. The van der Waals surface area contributed by atoms with Crippen LogP contribution in [0, 0.1) is 0 Å². The first-order valence-corrected chi connectivity index (χ1v) is 9.13. The minimum absolute atomic E-state index is 0.568. The van der Waals surface area contributed by atoms with Crippen LogP contribution in [0.4, 0.5) is 0 Å². The number of aromatic nitrogens is 3. The second-order valence-electron chi connectivity index (χ2n) is 6.20. The van der Waals surface area contributed by atoms with E-state index >= 15 is 0 Å². The Labute approximate surface area is 162 Å². The van der Waals surface area contributed by atoms with Crippen molar-refractivity contribution in [3.05, 3.63) is 95.0 Å². The van der Waals surface area contributed by atoms with Gasteiger partial charge in [0.15, 0.2) is 0 Å². The summed E-state index contributed by atoms with van der Waals surface area (Å²) < 4.78 is 5.37. The number of hydrogen-bond donors (Lipinski definition) is 1. The van der Waals surface area contributed by atoms with Gasteiger partial charge in [0.2, 0.25) is 0 Å². The van der Waals surface area contributed by atoms with Gasteiger partial charge < -0.3 is 9.73 Å². The number of furan rings is 1. The van der Waals surface area contributed by atoms with Crippen LogP contribution < -0.4 is 5.32 Å². The van der Waals surface area contributed by atoms with E-state index in [1.165, 1.54) is 0 Å². The van der Waals surface area contributed by atoms with Crippen LogP contribution >= 0.6 is 11.6 Å². The molecule has 4 aromatic rings. The number of nitrogens with one attached hydrogen (secondary N) is 1. The zero-order valence-electron chi connectivity index (χ0n) is 14.7. The van der Waals surface area contributed by atoms with E-state index < -0.39 is 0 Å². The van der Waals surface area contributed by atoms with Gasteiger partial charge in [-0.05, 0) is 29.8 Å². The number of halogens is 1. The molecule has 4 rings (SSSR count). The molecule has 2 aromatic heterocycles. The van der Waals surface area contributed by atoms with Crippen molar-refractivity contribution in [2.75, 3.05) is 0 Å². The molecule has 0 amide bonds. The lowest BCUT2D eigenvalue weighted by atomic mass is 10.1. The van der Waals surface area contributed by atoms with Crippen molar-refractivity contribution in [2.45, 2.75) is 19.6 Å². The molecular formula is C21H19ClN4O. The van der Waals surface area contributed by atoms with E-state index in [0.717, 1.165) is 28.3 Å². The fourth-order valence-corrected chi connectivity index (χ4v) is 3.12. The van der Waals surface area contributed by atoms with Crippen molar-refractivity contribution in [1.82, 2.24) is 20.3 Å². The Morgan fingerprint density at radius 1 is 0.926 bits per heavy atom. The van der Waals surface area contributed by atoms with E-state index in [9.17, 15) is 0 Å². The molecule has 0 fully saturated rings. The van der Waals surface area contributed by atoms with Crippen molar-refractivity contribution in [3.8, 4) is 11.3 Å². The average molecular weight is 379 g/mol. The monoisotopic (exact) mass is 378 g/mol. The Kier molecular flexibility index (Phi) is 5.32. The molecule has 0 bridgehead atoms. The highest BCUT2D eigenvalue weighted by Crippen LogP contribution is 2.21. The summed E-state index contributed by atoms with van der Waals surface area (Å²) in [6.07, 6.45) is 1.67. The van der Waals surface area contributed by atoms with Crippen molar-refractivity contribution in [2.24, 2.45) is 0 Å². The Balaban J connectivity index is 1.56. The van der Waals surface area contributed by atoms with Crippen molar-refractivity contribution in [3.63, 3.8) is 0 Å². The molecule has 0 saturated carbocycles. The highest BCUT2D eigenvalue weighted by Gasteiger charge is 2.13. The fraction of sp³-hybridized carbons (Fsp3) is 0.143. The Hall–Kier alpha value is -2.89. The van der Waals surface area contributed by atoms with Crippen LogP contribution in [-0.4, -0.2) is 15.0 Å². The number of rotatable bonds is 7. The lowest BCUT2D eigenvalue weighted by Crippen LogP contribution is -2.13. The van der Waals surface area contributed by atoms with Gasteiger partial charge in [-0.1, -0.05) is 54.1 Å². The summed E-state index contributed by atoms with van der Waals surface area (Å²) in [5.41, 5.74) is 3.89. The van der Waals surface area contributed by atoms with Gasteiger partial charge in [0.25, 0.3) is 0 Å². The Bertz CT molecular complexity index is 996. The van der Waals surface area contributed by atoms with Crippen LogP contribution in [0.15, 0.2) is 77.4 Å². The summed E-state index contributed by atoms with van der Waals surface area (Å²) in [6, 6.07) is 21.7. The first-order valence-electron chi connectivity index (χ1n) is 8.75. The van der Waals surface area contributed by atoms with E-state index in [1.54, 1.807) is 11.1 Å². The zero-order chi connectivity index (χ0) is 18.5. The van der Waals surface area contributed by atoms with Gasteiger partial charge in [-0.15, -0.1) is 0 Å². The molecule has 27 heavy (non-hydrogen) atoms. The molecule has 0 aliphatic rings. The minimum atomic E-state index is 0.568. The number of benzene rings is 2. The topological polar surface area (TPSA) is 55.9 Å². The highest BCUT2D eigenvalue weighted by atomic mass is 35.5. The molecular weight excluding hydrogens is 360 g/mol. The zero-order valence-corrected chi connectivity index (χ0v) is 15.4. The standard InChI is InChI=1S/C21H19ClN4O/c22-18-9-4-6-16(12-18)15-26-24-20(14-23-13-19-10-5-11-27-19)21(25-26)17-7-2-1-3-8-17/h1-12,23H,13-15H2. The van der Waals surface area contributed by atoms with Crippen LogP contribution in [0.5, 0.6) is 0 Å². The second kappa shape index (κ2) is 8.20. The molecule has 2 heterocycles. The largest absolute Gasteiger partial charge is 0.468 e. The van der Waals surface area contributed by atoms with Gasteiger partial charge in [-0.25, -0.2) is 0 Å². The summed E-state index contributed by atoms with van der Waals surface area (Å²) in [5, 5.41) is 13.5. The van der Waals surface area contributed by atoms with Crippen molar-refractivity contribution < 1.29 is 4.42 Å². The smallest absolute Gasteiger partial charge is 0.117 e. The quantitative estimate of drug-likeness (QED) is 0.513. The summed E-state index contributed by atoms with van der Waals surface area (Å²) in [7, 11) is 0.